The summed E-state index contributed by atoms with van der Waals surface area (Å²) in [6.07, 6.45) is 0. The summed E-state index contributed by atoms with van der Waals surface area (Å²) >= 11 is 0. The zero-order valence-corrected chi connectivity index (χ0v) is 33.7. The van der Waals surface area contributed by atoms with Crippen molar-refractivity contribution in [3.05, 3.63) is 241 Å². The molecule has 286 valence electrons. The lowest BCUT2D eigenvalue weighted by Crippen LogP contribution is -2.25. The SMILES string of the molecule is c1cc(-c2c3ccccc3c(-c3ccc4c(c3)C3(c5ccccc5-c5ccccc53)c3ccccc3-4)c3ccccc23)cc(-c2cccc3oc4c5ccccc5ccc4c23)c1. The molecule has 0 saturated carbocycles. The first-order chi connectivity index (χ1) is 30.8. The smallest absolute Gasteiger partial charge is 0.143 e. The highest BCUT2D eigenvalue weighted by molar-refractivity contribution is 6.23. The van der Waals surface area contributed by atoms with Crippen molar-refractivity contribution < 1.29 is 4.42 Å². The summed E-state index contributed by atoms with van der Waals surface area (Å²) in [5, 5.41) is 9.60. The molecule has 0 amide bonds. The third-order valence-electron chi connectivity index (χ3n) is 14.1. The molecular formula is C61H36O. The van der Waals surface area contributed by atoms with Crippen LogP contribution in [0, 0.1) is 0 Å². The number of fused-ring (bicyclic) bond motifs is 17. The molecule has 62 heavy (non-hydrogen) atoms. The van der Waals surface area contributed by atoms with Crippen LogP contribution in [-0.4, -0.2) is 0 Å². The second-order valence-electron chi connectivity index (χ2n) is 17.0. The second kappa shape index (κ2) is 12.5. The van der Waals surface area contributed by atoms with Gasteiger partial charge < -0.3 is 4.42 Å². The Morgan fingerprint density at radius 2 is 0.774 bits per heavy atom. The first kappa shape index (κ1) is 33.8. The van der Waals surface area contributed by atoms with Crippen LogP contribution in [0.1, 0.15) is 22.3 Å². The number of benzene rings is 11. The van der Waals surface area contributed by atoms with Crippen LogP contribution in [0.2, 0.25) is 0 Å². The van der Waals surface area contributed by atoms with Crippen LogP contribution >= 0.6 is 0 Å². The highest BCUT2D eigenvalue weighted by Gasteiger charge is 2.51. The molecule has 1 heteroatoms. The Hall–Kier alpha value is -8.00. The van der Waals surface area contributed by atoms with Gasteiger partial charge in [0.15, 0.2) is 0 Å². The van der Waals surface area contributed by atoms with E-state index in [-0.39, 0.29) is 0 Å². The molecule has 0 aliphatic heterocycles. The quantitative estimate of drug-likeness (QED) is 0.163. The lowest BCUT2D eigenvalue weighted by Gasteiger charge is -2.30. The van der Waals surface area contributed by atoms with Gasteiger partial charge in [0.05, 0.1) is 5.41 Å². The predicted octanol–water partition coefficient (Wildman–Crippen LogP) is 16.4. The van der Waals surface area contributed by atoms with Crippen LogP contribution in [0.5, 0.6) is 0 Å². The molecule has 11 aromatic carbocycles. The summed E-state index contributed by atoms with van der Waals surface area (Å²) in [6, 6.07) is 81.1. The van der Waals surface area contributed by atoms with E-state index in [2.05, 4.69) is 218 Å². The first-order valence-corrected chi connectivity index (χ1v) is 21.6. The number of hydrogen-bond acceptors (Lipinski definition) is 1. The standard InChI is InChI=1S/C61H36O/c1-2-18-42-37(15-1)31-34-51-59-41(26-14-30-56(59)62-60(42)51)38-16-13-17-39(35-38)57-47-22-3-5-24-49(47)58(50-25-6-4-23-48(50)57)40-32-33-46-45-21-9-12-29-54(45)61(55(46)36-40)52-27-10-7-19-43(52)44-20-8-11-28-53(44)61/h1-36H. The Bertz CT molecular complexity index is 3760. The molecule has 14 rings (SSSR count). The molecule has 2 aliphatic carbocycles. The summed E-state index contributed by atoms with van der Waals surface area (Å²) < 4.78 is 6.62. The maximum Gasteiger partial charge on any atom is 0.143 e. The van der Waals surface area contributed by atoms with E-state index < -0.39 is 5.41 Å². The Labute approximate surface area is 358 Å². The minimum Gasteiger partial charge on any atom is -0.455 e. The van der Waals surface area contributed by atoms with Crippen molar-refractivity contribution in [3.8, 4) is 55.6 Å². The Kier molecular flexibility index (Phi) is 6.82. The fourth-order valence-electron chi connectivity index (χ4n) is 11.6. The van der Waals surface area contributed by atoms with Crippen LogP contribution < -0.4 is 0 Å². The van der Waals surface area contributed by atoms with E-state index in [0.717, 1.165) is 27.3 Å². The normalized spacial score (nSPS) is 13.3. The van der Waals surface area contributed by atoms with E-state index in [4.69, 9.17) is 4.42 Å². The molecule has 0 bridgehead atoms. The van der Waals surface area contributed by atoms with Crippen molar-refractivity contribution in [3.63, 3.8) is 0 Å². The summed E-state index contributed by atoms with van der Waals surface area (Å²) in [5.74, 6) is 0. The van der Waals surface area contributed by atoms with Crippen LogP contribution in [0.25, 0.3) is 110 Å². The maximum absolute atomic E-state index is 6.62. The van der Waals surface area contributed by atoms with Gasteiger partial charge >= 0.3 is 0 Å². The lowest BCUT2D eigenvalue weighted by atomic mass is 9.70. The van der Waals surface area contributed by atoms with Gasteiger partial charge in [-0.05, 0) is 129 Å². The van der Waals surface area contributed by atoms with Crippen LogP contribution in [0.15, 0.2) is 223 Å². The molecule has 0 saturated heterocycles. The average molecular weight is 785 g/mol. The van der Waals surface area contributed by atoms with Gasteiger partial charge in [-0.1, -0.05) is 194 Å². The van der Waals surface area contributed by atoms with Gasteiger partial charge in [-0.2, -0.15) is 0 Å². The van der Waals surface area contributed by atoms with E-state index in [1.54, 1.807) is 0 Å². The molecule has 2 aliphatic rings. The minimum atomic E-state index is -0.405. The van der Waals surface area contributed by atoms with Gasteiger partial charge in [0.1, 0.15) is 11.2 Å². The van der Waals surface area contributed by atoms with Crippen molar-refractivity contribution in [1.82, 2.24) is 0 Å². The molecule has 1 aromatic heterocycles. The summed E-state index contributed by atoms with van der Waals surface area (Å²) in [6.45, 7) is 0. The van der Waals surface area contributed by atoms with E-state index in [1.165, 1.54) is 105 Å². The fraction of sp³-hybridized carbons (Fsp3) is 0.0164. The Morgan fingerprint density at radius 3 is 1.40 bits per heavy atom. The molecular weight excluding hydrogens is 749 g/mol. The van der Waals surface area contributed by atoms with Gasteiger partial charge in [-0.25, -0.2) is 0 Å². The van der Waals surface area contributed by atoms with Crippen LogP contribution in [0.4, 0.5) is 0 Å². The number of furan rings is 1. The molecule has 0 N–H and O–H groups in total. The topological polar surface area (TPSA) is 13.1 Å². The second-order valence-corrected chi connectivity index (χ2v) is 17.0. The third kappa shape index (κ3) is 4.37. The van der Waals surface area contributed by atoms with Crippen molar-refractivity contribution in [2.24, 2.45) is 0 Å². The van der Waals surface area contributed by atoms with Crippen molar-refractivity contribution >= 4 is 54.3 Å². The number of rotatable bonds is 3. The highest BCUT2D eigenvalue weighted by atomic mass is 16.3. The molecule has 0 fully saturated rings. The zero-order valence-electron chi connectivity index (χ0n) is 33.7. The molecule has 1 heterocycles. The van der Waals surface area contributed by atoms with E-state index in [0.29, 0.717) is 0 Å². The van der Waals surface area contributed by atoms with Crippen molar-refractivity contribution in [2.45, 2.75) is 5.41 Å². The Balaban J connectivity index is 0.999. The molecule has 1 nitrogen and oxygen atoms in total. The minimum absolute atomic E-state index is 0.405. The summed E-state index contributed by atoms with van der Waals surface area (Å²) in [5.41, 5.74) is 19.4. The fourth-order valence-corrected chi connectivity index (χ4v) is 11.6. The Morgan fingerprint density at radius 1 is 0.290 bits per heavy atom. The van der Waals surface area contributed by atoms with Crippen LogP contribution in [-0.2, 0) is 5.41 Å². The molecule has 0 radical (unpaired) electrons. The van der Waals surface area contributed by atoms with Gasteiger partial charge in [0, 0.05) is 16.2 Å². The van der Waals surface area contributed by atoms with Gasteiger partial charge in [-0.3, -0.25) is 0 Å². The van der Waals surface area contributed by atoms with Crippen molar-refractivity contribution in [1.29, 1.82) is 0 Å². The first-order valence-electron chi connectivity index (χ1n) is 21.6. The molecule has 0 atom stereocenters. The molecule has 0 unspecified atom stereocenters. The lowest BCUT2D eigenvalue weighted by molar-refractivity contribution is 0.673. The largest absolute Gasteiger partial charge is 0.455 e. The van der Waals surface area contributed by atoms with E-state index >= 15 is 0 Å². The van der Waals surface area contributed by atoms with Gasteiger partial charge in [0.2, 0.25) is 0 Å². The highest BCUT2D eigenvalue weighted by Crippen LogP contribution is 2.63. The summed E-state index contributed by atoms with van der Waals surface area (Å²) in [7, 11) is 0. The van der Waals surface area contributed by atoms with Gasteiger partial charge in [0.25, 0.3) is 0 Å². The molecule has 1 spiro atoms. The maximum atomic E-state index is 6.62. The summed E-state index contributed by atoms with van der Waals surface area (Å²) in [4.78, 5) is 0. The number of hydrogen-bond donors (Lipinski definition) is 0. The van der Waals surface area contributed by atoms with E-state index in [1.807, 2.05) is 0 Å². The van der Waals surface area contributed by atoms with Crippen LogP contribution in [0.3, 0.4) is 0 Å². The van der Waals surface area contributed by atoms with Gasteiger partial charge in [-0.15, -0.1) is 0 Å². The monoisotopic (exact) mass is 784 g/mol. The third-order valence-corrected chi connectivity index (χ3v) is 14.1. The zero-order chi connectivity index (χ0) is 40.5. The average Bonchev–Trinajstić information content (AvgIpc) is 3.98. The van der Waals surface area contributed by atoms with Crippen molar-refractivity contribution in [2.75, 3.05) is 0 Å². The molecule has 12 aromatic rings. The van der Waals surface area contributed by atoms with E-state index in [9.17, 15) is 0 Å². The predicted molar refractivity (Wildman–Crippen MR) is 259 cm³/mol.